The average Bonchev–Trinajstić information content (AvgIpc) is 2.18. The normalized spacial score (nSPS) is 11.3. The molecule has 0 aromatic heterocycles. The fourth-order valence-corrected chi connectivity index (χ4v) is 2.08. The molecule has 1 aromatic rings. The number of hydrogen-bond acceptors (Lipinski definition) is 3. The Bertz CT molecular complexity index is 451. The third-order valence-electron chi connectivity index (χ3n) is 1.82. The summed E-state index contributed by atoms with van der Waals surface area (Å²) in [5.41, 5.74) is 0.210. The van der Waals surface area contributed by atoms with E-state index in [4.69, 9.17) is 0 Å². The molecule has 14 heavy (non-hydrogen) atoms. The summed E-state index contributed by atoms with van der Waals surface area (Å²) in [4.78, 5) is 11.2. The highest BCUT2D eigenvalue weighted by molar-refractivity contribution is 7.89. The van der Waals surface area contributed by atoms with Gasteiger partial charge in [-0.25, -0.2) is 13.1 Å². The van der Waals surface area contributed by atoms with Crippen LogP contribution in [0.25, 0.3) is 0 Å². The lowest BCUT2D eigenvalue weighted by molar-refractivity contribution is 0.101. The van der Waals surface area contributed by atoms with Crippen LogP contribution in [0.4, 0.5) is 0 Å². The van der Waals surface area contributed by atoms with Crippen LogP contribution >= 0.6 is 0 Å². The van der Waals surface area contributed by atoms with Crippen LogP contribution in [0.1, 0.15) is 17.3 Å². The predicted molar refractivity (Wildman–Crippen MR) is 52.7 cm³/mol. The van der Waals surface area contributed by atoms with Crippen molar-refractivity contribution in [3.63, 3.8) is 0 Å². The molecular weight excluding hydrogens is 202 g/mol. The van der Waals surface area contributed by atoms with Crippen LogP contribution in [0, 0.1) is 0 Å². The van der Waals surface area contributed by atoms with Crippen molar-refractivity contribution >= 4 is 15.8 Å². The van der Waals surface area contributed by atoms with E-state index < -0.39 is 10.0 Å². The summed E-state index contributed by atoms with van der Waals surface area (Å²) in [7, 11) is -2.23. The van der Waals surface area contributed by atoms with E-state index in [1.54, 1.807) is 12.1 Å². The fourth-order valence-electron chi connectivity index (χ4n) is 1.10. The second-order valence-corrected chi connectivity index (χ2v) is 4.61. The summed E-state index contributed by atoms with van der Waals surface area (Å²) in [6.07, 6.45) is 0. The van der Waals surface area contributed by atoms with E-state index in [-0.39, 0.29) is 16.2 Å². The first-order chi connectivity index (χ1) is 6.49. The molecule has 0 aliphatic carbocycles. The number of sulfonamides is 1. The van der Waals surface area contributed by atoms with E-state index in [0.717, 1.165) is 0 Å². The number of benzene rings is 1. The Kier molecular flexibility index (Phi) is 3.03. The van der Waals surface area contributed by atoms with Gasteiger partial charge in [-0.15, -0.1) is 0 Å². The van der Waals surface area contributed by atoms with Crippen LogP contribution in [0.5, 0.6) is 0 Å². The van der Waals surface area contributed by atoms with Crippen LogP contribution < -0.4 is 4.72 Å². The number of rotatable bonds is 3. The topological polar surface area (TPSA) is 63.2 Å². The van der Waals surface area contributed by atoms with Crippen molar-refractivity contribution in [2.45, 2.75) is 11.8 Å². The first-order valence-electron chi connectivity index (χ1n) is 4.02. The molecule has 5 heteroatoms. The van der Waals surface area contributed by atoms with E-state index in [1.807, 2.05) is 0 Å². The van der Waals surface area contributed by atoms with Gasteiger partial charge in [0.1, 0.15) is 0 Å². The summed E-state index contributed by atoms with van der Waals surface area (Å²) >= 11 is 0. The van der Waals surface area contributed by atoms with Crippen LogP contribution in [-0.4, -0.2) is 21.2 Å². The Morgan fingerprint density at radius 1 is 1.29 bits per heavy atom. The molecule has 0 atom stereocenters. The zero-order valence-electron chi connectivity index (χ0n) is 7.94. The zero-order chi connectivity index (χ0) is 10.8. The number of carbonyl (C=O) groups is 1. The van der Waals surface area contributed by atoms with Crippen LogP contribution in [0.3, 0.4) is 0 Å². The fraction of sp³-hybridized carbons (Fsp3) is 0.222. The molecule has 76 valence electrons. The molecule has 0 spiro atoms. The van der Waals surface area contributed by atoms with E-state index in [9.17, 15) is 13.2 Å². The summed E-state index contributed by atoms with van der Waals surface area (Å²) in [6, 6.07) is 6.11. The summed E-state index contributed by atoms with van der Waals surface area (Å²) in [5, 5.41) is 0. The highest BCUT2D eigenvalue weighted by atomic mass is 32.2. The van der Waals surface area contributed by atoms with Crippen molar-refractivity contribution in [2.24, 2.45) is 0 Å². The molecule has 1 N–H and O–H groups in total. The Morgan fingerprint density at radius 2 is 1.86 bits per heavy atom. The molecule has 0 bridgehead atoms. The largest absolute Gasteiger partial charge is 0.294 e. The second kappa shape index (κ2) is 3.89. The number of carbonyl (C=O) groups excluding carboxylic acids is 1. The maximum Gasteiger partial charge on any atom is 0.241 e. The van der Waals surface area contributed by atoms with Gasteiger partial charge in [-0.1, -0.05) is 18.2 Å². The van der Waals surface area contributed by atoms with E-state index in [2.05, 4.69) is 4.72 Å². The van der Waals surface area contributed by atoms with E-state index >= 15 is 0 Å². The van der Waals surface area contributed by atoms with Crippen LogP contribution in [0.15, 0.2) is 29.2 Å². The first kappa shape index (κ1) is 10.9. The number of nitrogens with one attached hydrogen (secondary N) is 1. The van der Waals surface area contributed by atoms with Gasteiger partial charge in [0, 0.05) is 5.56 Å². The molecule has 1 aromatic carbocycles. The predicted octanol–water partition coefficient (Wildman–Crippen LogP) is 0.797. The molecule has 0 aliphatic rings. The lowest BCUT2D eigenvalue weighted by Gasteiger charge is -2.06. The zero-order valence-corrected chi connectivity index (χ0v) is 8.76. The Morgan fingerprint density at radius 3 is 2.36 bits per heavy atom. The van der Waals surface area contributed by atoms with Crippen molar-refractivity contribution in [2.75, 3.05) is 7.05 Å². The SMILES string of the molecule is CNS(=O)(=O)c1ccccc1C(C)=O. The molecule has 0 saturated carbocycles. The van der Waals surface area contributed by atoms with Gasteiger partial charge in [0.2, 0.25) is 10.0 Å². The molecule has 0 heterocycles. The van der Waals surface area contributed by atoms with Crippen molar-refractivity contribution in [3.05, 3.63) is 29.8 Å². The second-order valence-electron chi connectivity index (χ2n) is 2.76. The van der Waals surface area contributed by atoms with Crippen molar-refractivity contribution in [1.82, 2.24) is 4.72 Å². The van der Waals surface area contributed by atoms with Gasteiger partial charge in [-0.3, -0.25) is 4.79 Å². The quantitative estimate of drug-likeness (QED) is 0.755. The monoisotopic (exact) mass is 213 g/mol. The van der Waals surface area contributed by atoms with Gasteiger partial charge in [0.25, 0.3) is 0 Å². The minimum atomic E-state index is -3.54. The van der Waals surface area contributed by atoms with E-state index in [0.29, 0.717) is 0 Å². The number of Topliss-reactive ketones (excluding diaryl/α,β-unsaturated/α-hetero) is 1. The molecule has 0 fully saturated rings. The number of ketones is 1. The molecule has 0 saturated heterocycles. The van der Waals surface area contributed by atoms with Crippen LogP contribution in [0.2, 0.25) is 0 Å². The van der Waals surface area contributed by atoms with Crippen LogP contribution in [-0.2, 0) is 10.0 Å². The third-order valence-corrected chi connectivity index (χ3v) is 3.30. The van der Waals surface area contributed by atoms with Gasteiger partial charge in [-0.2, -0.15) is 0 Å². The number of hydrogen-bond donors (Lipinski definition) is 1. The first-order valence-corrected chi connectivity index (χ1v) is 5.51. The van der Waals surface area contributed by atoms with Gasteiger partial charge >= 0.3 is 0 Å². The summed E-state index contributed by atoms with van der Waals surface area (Å²) in [6.45, 7) is 1.34. The molecule has 0 radical (unpaired) electrons. The highest BCUT2D eigenvalue weighted by Crippen LogP contribution is 2.14. The highest BCUT2D eigenvalue weighted by Gasteiger charge is 2.17. The maximum atomic E-state index is 11.5. The molecular formula is C9H11NO3S. The maximum absolute atomic E-state index is 11.5. The van der Waals surface area contributed by atoms with Gasteiger partial charge in [0.15, 0.2) is 5.78 Å². The van der Waals surface area contributed by atoms with Gasteiger partial charge < -0.3 is 0 Å². The minimum Gasteiger partial charge on any atom is -0.294 e. The Balaban J connectivity index is 3.42. The molecule has 0 amide bonds. The Hall–Kier alpha value is -1.20. The molecule has 0 aliphatic heterocycles. The summed E-state index contributed by atoms with van der Waals surface area (Å²) < 4.78 is 25.1. The van der Waals surface area contributed by atoms with Crippen molar-refractivity contribution in [1.29, 1.82) is 0 Å². The van der Waals surface area contributed by atoms with Gasteiger partial charge in [0.05, 0.1) is 4.90 Å². The molecule has 4 nitrogen and oxygen atoms in total. The van der Waals surface area contributed by atoms with Crippen molar-refractivity contribution in [3.8, 4) is 0 Å². The smallest absolute Gasteiger partial charge is 0.241 e. The van der Waals surface area contributed by atoms with Gasteiger partial charge in [-0.05, 0) is 20.0 Å². The molecule has 1 rings (SSSR count). The minimum absolute atomic E-state index is 0.0231. The lowest BCUT2D eigenvalue weighted by Crippen LogP contribution is -2.20. The lowest BCUT2D eigenvalue weighted by atomic mass is 10.1. The summed E-state index contributed by atoms with van der Waals surface area (Å²) in [5.74, 6) is -0.264. The standard InChI is InChI=1S/C9H11NO3S/c1-7(11)8-5-3-4-6-9(8)14(12,13)10-2/h3-6,10H,1-2H3. The van der Waals surface area contributed by atoms with Crippen molar-refractivity contribution < 1.29 is 13.2 Å². The van der Waals surface area contributed by atoms with E-state index in [1.165, 1.54) is 26.1 Å². The third kappa shape index (κ3) is 2.00. The Labute approximate surface area is 83.0 Å². The average molecular weight is 213 g/mol. The molecule has 0 unspecified atom stereocenters.